The molecule has 0 aliphatic heterocycles. The Morgan fingerprint density at radius 1 is 1.19 bits per heavy atom. The molecule has 0 bridgehead atoms. The molecule has 3 aromatic rings. The van der Waals surface area contributed by atoms with E-state index >= 15 is 0 Å². The second-order valence-corrected chi connectivity index (χ2v) is 6.37. The molecule has 0 radical (unpaired) electrons. The van der Waals surface area contributed by atoms with Crippen LogP contribution in [0, 0.1) is 0 Å². The van der Waals surface area contributed by atoms with Crippen LogP contribution in [0.1, 0.15) is 5.56 Å². The highest BCUT2D eigenvalue weighted by atomic mass is 35.5. The molecule has 26 heavy (non-hydrogen) atoms. The Balaban J connectivity index is 1.89. The highest BCUT2D eigenvalue weighted by Gasteiger charge is 2.10. The molecule has 0 fully saturated rings. The zero-order valence-electron chi connectivity index (χ0n) is 14.4. The molecule has 4 nitrogen and oxygen atoms in total. The van der Waals surface area contributed by atoms with Crippen molar-refractivity contribution in [2.45, 2.75) is 12.5 Å². The molecule has 2 N–H and O–H groups in total. The molecule has 1 aromatic heterocycles. The molecular weight excluding hydrogens is 346 g/mol. The van der Waals surface area contributed by atoms with Crippen molar-refractivity contribution in [2.24, 2.45) is 0 Å². The molecule has 1 heterocycles. The molecule has 1 unspecified atom stereocenters. The minimum Gasteiger partial charge on any atom is -0.378 e. The lowest BCUT2D eigenvalue weighted by Gasteiger charge is -2.18. The lowest BCUT2D eigenvalue weighted by molar-refractivity contribution is -0.116. The topological polar surface area (TPSA) is 54.0 Å². The zero-order chi connectivity index (χ0) is 18.4. The largest absolute Gasteiger partial charge is 0.378 e. The fourth-order valence-electron chi connectivity index (χ4n) is 2.77. The van der Waals surface area contributed by atoms with Crippen LogP contribution in [0.3, 0.4) is 0 Å². The second kappa shape index (κ2) is 8.50. The quantitative estimate of drug-likeness (QED) is 0.643. The molecule has 0 saturated heterocycles. The first kappa shape index (κ1) is 18.0. The second-order valence-electron chi connectivity index (χ2n) is 5.93. The van der Waals surface area contributed by atoms with Gasteiger partial charge in [-0.2, -0.15) is 0 Å². The fourth-order valence-corrected chi connectivity index (χ4v) is 2.94. The van der Waals surface area contributed by atoms with Crippen LogP contribution >= 0.6 is 11.6 Å². The average Bonchev–Trinajstić information content (AvgIpc) is 2.66. The van der Waals surface area contributed by atoms with Crippen molar-refractivity contribution in [2.75, 3.05) is 12.4 Å². The highest BCUT2D eigenvalue weighted by Crippen LogP contribution is 2.25. The molecule has 5 heteroatoms. The van der Waals surface area contributed by atoms with Gasteiger partial charge in [-0.25, -0.2) is 0 Å². The lowest BCUT2D eigenvalue weighted by Crippen LogP contribution is -2.22. The Morgan fingerprint density at radius 2 is 2.00 bits per heavy atom. The number of aromatic nitrogens is 1. The van der Waals surface area contributed by atoms with Crippen LogP contribution in [-0.4, -0.2) is 24.0 Å². The van der Waals surface area contributed by atoms with Crippen LogP contribution < -0.4 is 10.6 Å². The number of benzene rings is 2. The number of fused-ring (bicyclic) bond motifs is 1. The van der Waals surface area contributed by atoms with Gasteiger partial charge in [-0.3, -0.25) is 9.78 Å². The number of halogens is 1. The highest BCUT2D eigenvalue weighted by molar-refractivity contribution is 6.31. The van der Waals surface area contributed by atoms with Gasteiger partial charge >= 0.3 is 0 Å². The number of pyridine rings is 1. The Bertz CT molecular complexity index is 925. The van der Waals surface area contributed by atoms with Crippen molar-refractivity contribution in [1.29, 1.82) is 0 Å². The van der Waals surface area contributed by atoms with Crippen molar-refractivity contribution in [3.63, 3.8) is 0 Å². The molecule has 3 rings (SSSR count). The molecule has 1 amide bonds. The van der Waals surface area contributed by atoms with E-state index in [0.717, 1.165) is 23.0 Å². The Morgan fingerprint density at radius 3 is 2.77 bits per heavy atom. The summed E-state index contributed by atoms with van der Waals surface area (Å²) < 4.78 is 0. The summed E-state index contributed by atoms with van der Waals surface area (Å²) in [7, 11) is 1.62. The van der Waals surface area contributed by atoms with Crippen LogP contribution in [0.5, 0.6) is 0 Å². The van der Waals surface area contributed by atoms with E-state index in [0.29, 0.717) is 5.02 Å². The Labute approximate surface area is 157 Å². The molecule has 0 spiro atoms. The zero-order valence-corrected chi connectivity index (χ0v) is 15.2. The molecule has 0 aliphatic carbocycles. The number of hydrogen-bond donors (Lipinski definition) is 2. The monoisotopic (exact) mass is 365 g/mol. The van der Waals surface area contributed by atoms with Gasteiger partial charge in [0.15, 0.2) is 0 Å². The lowest BCUT2D eigenvalue weighted by atomic mass is 10.0. The van der Waals surface area contributed by atoms with E-state index in [4.69, 9.17) is 11.6 Å². The molecule has 132 valence electrons. The molecule has 2 aromatic carbocycles. The van der Waals surface area contributed by atoms with Crippen LogP contribution in [0.2, 0.25) is 5.02 Å². The van der Waals surface area contributed by atoms with Crippen LogP contribution in [0.25, 0.3) is 10.9 Å². The number of carbonyl (C=O) groups excluding carboxylic acids is 1. The van der Waals surface area contributed by atoms with Crippen LogP contribution in [-0.2, 0) is 11.2 Å². The Kier molecular flexibility index (Phi) is 5.87. The van der Waals surface area contributed by atoms with E-state index in [1.165, 1.54) is 5.56 Å². The third-order valence-corrected chi connectivity index (χ3v) is 4.31. The first-order chi connectivity index (χ1) is 12.7. The number of nitrogens with zero attached hydrogens (tertiary/aromatic N) is 1. The van der Waals surface area contributed by atoms with Crippen molar-refractivity contribution < 1.29 is 4.79 Å². The van der Waals surface area contributed by atoms with Crippen molar-refractivity contribution in [3.05, 3.63) is 83.5 Å². The number of rotatable bonds is 6. The van der Waals surface area contributed by atoms with Gasteiger partial charge in [0.2, 0.25) is 5.91 Å². The first-order valence-corrected chi connectivity index (χ1v) is 8.78. The van der Waals surface area contributed by atoms with Crippen LogP contribution in [0.15, 0.2) is 72.9 Å². The Hall–Kier alpha value is -2.85. The third kappa shape index (κ3) is 4.61. The van der Waals surface area contributed by atoms with E-state index in [-0.39, 0.29) is 11.9 Å². The van der Waals surface area contributed by atoms with Gasteiger partial charge in [-0.15, -0.1) is 0 Å². The molecule has 0 saturated carbocycles. The smallest absolute Gasteiger partial charge is 0.243 e. The predicted octanol–water partition coefficient (Wildman–Crippen LogP) is 4.21. The first-order valence-electron chi connectivity index (χ1n) is 8.40. The maximum absolute atomic E-state index is 11.6. The number of nitrogens with one attached hydrogen (secondary N) is 2. The third-order valence-electron chi connectivity index (χ3n) is 4.07. The van der Waals surface area contributed by atoms with Gasteiger partial charge < -0.3 is 10.6 Å². The number of amides is 1. The standard InChI is InChI=1S/C21H20ClN3O/c1-23-21(26)10-8-17(13-15-5-3-2-4-6-15)25-19-11-12-24-20-14-16(22)7-9-18(19)20/h2-12,14,17H,13H2,1H3,(H,23,26)(H,24,25)/b10-8+. The van der Waals surface area contributed by atoms with Gasteiger partial charge in [-0.05, 0) is 36.2 Å². The normalized spacial score (nSPS) is 12.2. The van der Waals surface area contributed by atoms with Crippen molar-refractivity contribution in [3.8, 4) is 0 Å². The van der Waals surface area contributed by atoms with E-state index in [9.17, 15) is 4.79 Å². The summed E-state index contributed by atoms with van der Waals surface area (Å²) in [5.41, 5.74) is 2.97. The van der Waals surface area contributed by atoms with Gasteiger partial charge in [-0.1, -0.05) is 48.0 Å². The molecular formula is C21H20ClN3O. The van der Waals surface area contributed by atoms with E-state index in [2.05, 4.69) is 27.8 Å². The molecule has 1 atom stereocenters. The van der Waals surface area contributed by atoms with Crippen molar-refractivity contribution >= 4 is 34.1 Å². The summed E-state index contributed by atoms with van der Waals surface area (Å²) in [5, 5.41) is 7.77. The summed E-state index contributed by atoms with van der Waals surface area (Å²) in [4.78, 5) is 16.0. The summed E-state index contributed by atoms with van der Waals surface area (Å²) in [6.07, 6.45) is 5.95. The van der Waals surface area contributed by atoms with E-state index < -0.39 is 0 Å². The number of carbonyl (C=O) groups is 1. The molecule has 0 aliphatic rings. The van der Waals surface area contributed by atoms with Gasteiger partial charge in [0.05, 0.1) is 5.52 Å². The van der Waals surface area contributed by atoms with Gasteiger partial charge in [0, 0.05) is 41.5 Å². The van der Waals surface area contributed by atoms with E-state index in [1.54, 1.807) is 19.3 Å². The van der Waals surface area contributed by atoms with Crippen LogP contribution in [0.4, 0.5) is 5.69 Å². The number of hydrogen-bond acceptors (Lipinski definition) is 3. The average molecular weight is 366 g/mol. The maximum atomic E-state index is 11.6. The fraction of sp³-hybridized carbons (Fsp3) is 0.143. The summed E-state index contributed by atoms with van der Waals surface area (Å²) >= 11 is 6.07. The maximum Gasteiger partial charge on any atom is 0.243 e. The predicted molar refractivity (Wildman–Crippen MR) is 108 cm³/mol. The minimum absolute atomic E-state index is 0.0454. The van der Waals surface area contributed by atoms with Crippen molar-refractivity contribution in [1.82, 2.24) is 10.3 Å². The van der Waals surface area contributed by atoms with E-state index in [1.807, 2.05) is 48.5 Å². The summed E-state index contributed by atoms with van der Waals surface area (Å²) in [6, 6.07) is 17.7. The summed E-state index contributed by atoms with van der Waals surface area (Å²) in [5.74, 6) is -0.128. The number of likely N-dealkylation sites (N-methyl/N-ethyl adjacent to an activating group) is 1. The summed E-state index contributed by atoms with van der Waals surface area (Å²) in [6.45, 7) is 0. The van der Waals surface area contributed by atoms with Gasteiger partial charge in [0.1, 0.15) is 0 Å². The number of anilines is 1. The SMILES string of the molecule is CNC(=O)/C=C/C(Cc1ccccc1)Nc1ccnc2cc(Cl)ccc12. The van der Waals surface area contributed by atoms with Gasteiger partial charge in [0.25, 0.3) is 0 Å². The minimum atomic E-state index is -0.128.